The molecule has 6 nitrogen and oxygen atoms in total. The van der Waals surface area contributed by atoms with Crippen molar-refractivity contribution in [2.45, 2.75) is 20.3 Å². The number of carbonyl (C=O) groups excluding carboxylic acids is 3. The van der Waals surface area contributed by atoms with Gasteiger partial charge in [-0.2, -0.15) is 0 Å². The Balaban J connectivity index is 2.12. The van der Waals surface area contributed by atoms with Crippen LogP contribution in [-0.4, -0.2) is 53.2 Å². The van der Waals surface area contributed by atoms with Crippen LogP contribution in [0.5, 0.6) is 0 Å². The zero-order chi connectivity index (χ0) is 16.4. The van der Waals surface area contributed by atoms with E-state index in [1.54, 1.807) is 25.9 Å². The van der Waals surface area contributed by atoms with Gasteiger partial charge in [0.05, 0.1) is 5.69 Å². The van der Waals surface area contributed by atoms with Crippen molar-refractivity contribution < 1.29 is 14.4 Å². The summed E-state index contributed by atoms with van der Waals surface area (Å²) < 4.78 is 0. The summed E-state index contributed by atoms with van der Waals surface area (Å²) >= 11 is 2.50. The fourth-order valence-corrected chi connectivity index (χ4v) is 4.02. The first-order valence-corrected chi connectivity index (χ1v) is 8.72. The van der Waals surface area contributed by atoms with E-state index in [2.05, 4.69) is 4.98 Å². The van der Waals surface area contributed by atoms with E-state index in [4.69, 9.17) is 0 Å². The predicted molar refractivity (Wildman–Crippen MR) is 88.5 cm³/mol. The number of thioether (sulfide) groups is 1. The van der Waals surface area contributed by atoms with Crippen LogP contribution < -0.4 is 4.90 Å². The average Bonchev–Trinajstić information content (AvgIpc) is 2.98. The van der Waals surface area contributed by atoms with Crippen molar-refractivity contribution in [1.29, 1.82) is 0 Å². The topological polar surface area (TPSA) is 70.6 Å². The second kappa shape index (κ2) is 6.78. The van der Waals surface area contributed by atoms with Crippen molar-refractivity contribution in [2.24, 2.45) is 5.92 Å². The van der Waals surface area contributed by atoms with E-state index >= 15 is 0 Å². The molecule has 8 heteroatoms. The maximum absolute atomic E-state index is 12.2. The monoisotopic (exact) mass is 341 g/mol. The normalized spacial score (nSPS) is 17.9. The first-order chi connectivity index (χ1) is 10.3. The minimum atomic E-state index is -0.100. The number of thiazole rings is 1. The second-order valence-electron chi connectivity index (χ2n) is 5.49. The molecule has 0 saturated carbocycles. The van der Waals surface area contributed by atoms with Gasteiger partial charge < -0.3 is 4.90 Å². The number of hydrogen-bond acceptors (Lipinski definition) is 6. The van der Waals surface area contributed by atoms with Gasteiger partial charge in [-0.1, -0.05) is 23.1 Å². The first kappa shape index (κ1) is 17.0. The number of carbonyl (C=O) groups is 3. The number of aryl methyl sites for hydroxylation is 1. The van der Waals surface area contributed by atoms with E-state index in [0.717, 1.165) is 0 Å². The van der Waals surface area contributed by atoms with Crippen molar-refractivity contribution in [3.05, 3.63) is 10.6 Å². The fraction of sp³-hybridized carbons (Fsp3) is 0.571. The van der Waals surface area contributed by atoms with Crippen LogP contribution in [-0.2, 0) is 9.59 Å². The SMILES string of the molecule is CC(=O)SCC1CC(=O)N(c2nc(C)c(C(=O)N(C)C)s2)C1. The van der Waals surface area contributed by atoms with Gasteiger partial charge in [-0.05, 0) is 12.8 Å². The van der Waals surface area contributed by atoms with E-state index in [-0.39, 0.29) is 22.8 Å². The van der Waals surface area contributed by atoms with Gasteiger partial charge in [0.1, 0.15) is 4.88 Å². The molecule has 120 valence electrons. The largest absolute Gasteiger partial charge is 0.344 e. The Morgan fingerprint density at radius 3 is 2.73 bits per heavy atom. The molecule has 1 aliphatic rings. The molecule has 1 unspecified atom stereocenters. The van der Waals surface area contributed by atoms with Crippen molar-refractivity contribution in [1.82, 2.24) is 9.88 Å². The van der Waals surface area contributed by atoms with Gasteiger partial charge in [-0.3, -0.25) is 19.3 Å². The summed E-state index contributed by atoms with van der Waals surface area (Å²) in [6.07, 6.45) is 0.426. The minimum absolute atomic E-state index is 0.00625. The number of nitrogens with zero attached hydrogens (tertiary/aromatic N) is 3. The van der Waals surface area contributed by atoms with E-state index in [1.165, 1.54) is 34.9 Å². The quantitative estimate of drug-likeness (QED) is 0.835. The summed E-state index contributed by atoms with van der Waals surface area (Å²) in [5.74, 6) is 0.702. The lowest BCUT2D eigenvalue weighted by atomic mass is 10.1. The highest BCUT2D eigenvalue weighted by Gasteiger charge is 2.33. The smallest absolute Gasteiger partial charge is 0.265 e. The molecule has 1 fully saturated rings. The van der Waals surface area contributed by atoms with Crippen LogP contribution >= 0.6 is 23.1 Å². The van der Waals surface area contributed by atoms with Crippen LogP contribution in [0.15, 0.2) is 0 Å². The molecule has 0 bridgehead atoms. The lowest BCUT2D eigenvalue weighted by Gasteiger charge is -2.12. The molecule has 1 aromatic heterocycles. The van der Waals surface area contributed by atoms with Crippen LogP contribution in [0.3, 0.4) is 0 Å². The highest BCUT2D eigenvalue weighted by molar-refractivity contribution is 8.13. The Labute approximate surface area is 137 Å². The van der Waals surface area contributed by atoms with Gasteiger partial charge in [0.25, 0.3) is 5.91 Å². The molecular weight excluding hydrogens is 322 g/mol. The van der Waals surface area contributed by atoms with E-state index in [0.29, 0.717) is 34.4 Å². The van der Waals surface area contributed by atoms with Gasteiger partial charge >= 0.3 is 0 Å². The molecule has 1 aliphatic heterocycles. The average molecular weight is 341 g/mol. The lowest BCUT2D eigenvalue weighted by Crippen LogP contribution is -2.24. The van der Waals surface area contributed by atoms with Gasteiger partial charge in [0, 0.05) is 39.7 Å². The van der Waals surface area contributed by atoms with Gasteiger partial charge in [-0.25, -0.2) is 4.98 Å². The molecule has 1 saturated heterocycles. The zero-order valence-electron chi connectivity index (χ0n) is 13.1. The summed E-state index contributed by atoms with van der Waals surface area (Å²) in [5, 5.41) is 0.637. The molecule has 22 heavy (non-hydrogen) atoms. The summed E-state index contributed by atoms with van der Waals surface area (Å²) in [4.78, 5) is 43.3. The van der Waals surface area contributed by atoms with Gasteiger partial charge in [0.15, 0.2) is 10.2 Å². The van der Waals surface area contributed by atoms with E-state index in [9.17, 15) is 14.4 Å². The predicted octanol–water partition coefficient (Wildman–Crippen LogP) is 1.79. The van der Waals surface area contributed by atoms with Gasteiger partial charge in [0.2, 0.25) is 5.91 Å². The van der Waals surface area contributed by atoms with Crippen LogP contribution in [0.2, 0.25) is 0 Å². The number of rotatable bonds is 4. The molecular formula is C14H19N3O3S2. The summed E-state index contributed by atoms with van der Waals surface area (Å²) in [5.41, 5.74) is 0.646. The highest BCUT2D eigenvalue weighted by atomic mass is 32.2. The maximum Gasteiger partial charge on any atom is 0.265 e. The third kappa shape index (κ3) is 3.67. The first-order valence-electron chi connectivity index (χ1n) is 6.92. The van der Waals surface area contributed by atoms with Crippen LogP contribution in [0.25, 0.3) is 0 Å². The maximum atomic E-state index is 12.2. The molecule has 0 aromatic carbocycles. The molecule has 1 atom stereocenters. The molecule has 2 amide bonds. The van der Waals surface area contributed by atoms with Crippen molar-refractivity contribution >= 4 is 45.2 Å². The Morgan fingerprint density at radius 1 is 1.45 bits per heavy atom. The van der Waals surface area contributed by atoms with Crippen molar-refractivity contribution in [3.63, 3.8) is 0 Å². The Hall–Kier alpha value is -1.41. The van der Waals surface area contributed by atoms with E-state index < -0.39 is 0 Å². The van der Waals surface area contributed by atoms with E-state index in [1.807, 2.05) is 0 Å². The highest BCUT2D eigenvalue weighted by Crippen LogP contribution is 2.32. The molecule has 0 radical (unpaired) electrons. The zero-order valence-corrected chi connectivity index (χ0v) is 14.7. The van der Waals surface area contributed by atoms with Crippen molar-refractivity contribution in [2.75, 3.05) is 31.3 Å². The van der Waals surface area contributed by atoms with Crippen LogP contribution in [0, 0.1) is 12.8 Å². The summed E-state index contributed by atoms with van der Waals surface area (Å²) in [6.45, 7) is 3.87. The van der Waals surface area contributed by atoms with Crippen LogP contribution in [0.1, 0.15) is 28.7 Å². The van der Waals surface area contributed by atoms with Crippen LogP contribution in [0.4, 0.5) is 5.13 Å². The number of aromatic nitrogens is 1. The summed E-state index contributed by atoms with van der Waals surface area (Å²) in [6, 6.07) is 0. The second-order valence-corrected chi connectivity index (χ2v) is 7.66. The molecule has 0 aliphatic carbocycles. The Morgan fingerprint density at radius 2 is 2.14 bits per heavy atom. The number of hydrogen-bond donors (Lipinski definition) is 0. The molecule has 2 heterocycles. The third-order valence-corrected chi connectivity index (χ3v) is 5.56. The standard InChI is InChI=1S/C14H19N3O3S2/c1-8-12(13(20)16(3)4)22-14(15-8)17-6-10(5-11(17)19)7-21-9(2)18/h10H,5-7H2,1-4H3. The number of amides is 2. The lowest BCUT2D eigenvalue weighted by molar-refractivity contribution is -0.117. The van der Waals surface area contributed by atoms with Crippen molar-refractivity contribution in [3.8, 4) is 0 Å². The minimum Gasteiger partial charge on any atom is -0.344 e. The molecule has 0 N–H and O–H groups in total. The summed E-state index contributed by atoms with van der Waals surface area (Å²) in [7, 11) is 3.38. The molecule has 1 aromatic rings. The fourth-order valence-electron chi connectivity index (χ4n) is 2.21. The number of anilines is 1. The van der Waals surface area contributed by atoms with Gasteiger partial charge in [-0.15, -0.1) is 0 Å². The molecule has 0 spiro atoms. The third-order valence-electron chi connectivity index (χ3n) is 3.34. The molecule has 2 rings (SSSR count). The Kier molecular flexibility index (Phi) is 5.23. The Bertz CT molecular complexity index is 612.